The highest BCUT2D eigenvalue weighted by Gasteiger charge is 2.43. The third-order valence-corrected chi connectivity index (χ3v) is 8.79. The number of carbonyl (C=O) groups is 1. The van der Waals surface area contributed by atoms with Crippen LogP contribution in [-0.4, -0.2) is 48.2 Å². The highest BCUT2D eigenvalue weighted by molar-refractivity contribution is 6.30. The number of aryl methyl sites for hydroxylation is 1. The van der Waals surface area contributed by atoms with Gasteiger partial charge in [0.25, 0.3) is 5.79 Å². The fourth-order valence-corrected chi connectivity index (χ4v) is 6.26. The summed E-state index contributed by atoms with van der Waals surface area (Å²) in [6, 6.07) is 10.4. The molecule has 1 unspecified atom stereocenters. The van der Waals surface area contributed by atoms with E-state index in [-0.39, 0.29) is 11.5 Å². The van der Waals surface area contributed by atoms with Gasteiger partial charge in [-0.3, -0.25) is 4.90 Å². The molecule has 2 aliphatic rings. The van der Waals surface area contributed by atoms with Crippen molar-refractivity contribution >= 4 is 23.6 Å². The third kappa shape index (κ3) is 5.84. The van der Waals surface area contributed by atoms with Gasteiger partial charge in [0.2, 0.25) is 0 Å². The SMILES string of the molecule is CCn1cncc1Cn1c(/C=C(\C)C(=O)O)cnc1CN1CCC(c2cccc3c2OC(C)(c2ccc(Cl)cc2F)O3)CC1. The predicted octanol–water partition coefficient (Wildman–Crippen LogP) is 6.45. The summed E-state index contributed by atoms with van der Waals surface area (Å²) < 4.78 is 31.5. The van der Waals surface area contributed by atoms with E-state index in [4.69, 9.17) is 26.1 Å². The molecule has 2 aromatic carbocycles. The van der Waals surface area contributed by atoms with Crippen LogP contribution in [0.1, 0.15) is 67.9 Å². The van der Waals surface area contributed by atoms with E-state index >= 15 is 0 Å². The van der Waals surface area contributed by atoms with Crippen LogP contribution in [0.5, 0.6) is 11.5 Å². The molecule has 0 amide bonds. The molecule has 9 nitrogen and oxygen atoms in total. The van der Waals surface area contributed by atoms with Crippen molar-refractivity contribution in [1.82, 2.24) is 24.0 Å². The molecule has 0 radical (unpaired) electrons. The Hall–Kier alpha value is -4.15. The van der Waals surface area contributed by atoms with Crippen molar-refractivity contribution in [1.29, 1.82) is 0 Å². The summed E-state index contributed by atoms with van der Waals surface area (Å²) in [6.07, 6.45) is 8.86. The molecule has 1 saturated heterocycles. The summed E-state index contributed by atoms with van der Waals surface area (Å²) in [5.41, 5.74) is 3.38. The van der Waals surface area contributed by atoms with Crippen LogP contribution in [0.25, 0.3) is 6.08 Å². The second kappa shape index (κ2) is 12.1. The number of aromatic nitrogens is 4. The fraction of sp³-hybridized carbons (Fsp3) is 0.364. The lowest BCUT2D eigenvalue weighted by molar-refractivity contribution is -0.132. The molecule has 2 aromatic heterocycles. The molecule has 0 saturated carbocycles. The predicted molar refractivity (Wildman–Crippen MR) is 164 cm³/mol. The average molecular weight is 620 g/mol. The first-order valence-electron chi connectivity index (χ1n) is 14.8. The molecule has 230 valence electrons. The molecule has 2 aliphatic heterocycles. The number of carboxylic acids is 1. The van der Waals surface area contributed by atoms with Crippen molar-refractivity contribution in [3.8, 4) is 11.5 Å². The number of aliphatic carboxylic acids is 1. The number of hydrogen-bond donors (Lipinski definition) is 1. The van der Waals surface area contributed by atoms with Gasteiger partial charge in [-0.05, 0) is 76.0 Å². The van der Waals surface area contributed by atoms with E-state index in [1.807, 2.05) is 18.3 Å². The van der Waals surface area contributed by atoms with Gasteiger partial charge < -0.3 is 23.7 Å². The van der Waals surface area contributed by atoms with Gasteiger partial charge in [0, 0.05) is 35.8 Å². The Labute approximate surface area is 260 Å². The van der Waals surface area contributed by atoms with Gasteiger partial charge >= 0.3 is 5.97 Å². The minimum atomic E-state index is -1.29. The Balaban J connectivity index is 1.18. The minimum absolute atomic E-state index is 0.248. The molecule has 0 spiro atoms. The van der Waals surface area contributed by atoms with Crippen LogP contribution in [0.3, 0.4) is 0 Å². The molecule has 1 atom stereocenters. The van der Waals surface area contributed by atoms with Gasteiger partial charge in [0.05, 0.1) is 42.6 Å². The van der Waals surface area contributed by atoms with Crippen LogP contribution in [0, 0.1) is 5.82 Å². The summed E-state index contributed by atoms with van der Waals surface area (Å²) in [7, 11) is 0. The first kappa shape index (κ1) is 29.9. The van der Waals surface area contributed by atoms with Crippen LogP contribution in [0.2, 0.25) is 5.02 Å². The molecule has 1 N–H and O–H groups in total. The van der Waals surface area contributed by atoms with Gasteiger partial charge in [0.15, 0.2) is 11.5 Å². The zero-order chi connectivity index (χ0) is 31.0. The maximum atomic E-state index is 14.8. The highest BCUT2D eigenvalue weighted by Crippen LogP contribution is 2.49. The van der Waals surface area contributed by atoms with Crippen molar-refractivity contribution < 1.29 is 23.8 Å². The Morgan fingerprint density at radius 3 is 2.70 bits per heavy atom. The summed E-state index contributed by atoms with van der Waals surface area (Å²) in [4.78, 5) is 22.9. The molecule has 44 heavy (non-hydrogen) atoms. The normalized spacial score (nSPS) is 19.1. The second-order valence-electron chi connectivity index (χ2n) is 11.5. The molecular weight excluding hydrogens is 585 g/mol. The largest absolute Gasteiger partial charge is 0.478 e. The van der Waals surface area contributed by atoms with Gasteiger partial charge in [-0.15, -0.1) is 0 Å². The molecule has 6 rings (SSSR count). The van der Waals surface area contributed by atoms with E-state index in [2.05, 4.69) is 32.0 Å². The summed E-state index contributed by atoms with van der Waals surface area (Å²) in [5, 5.41) is 9.78. The Kier molecular flexibility index (Phi) is 8.22. The molecule has 0 aliphatic carbocycles. The first-order valence-corrected chi connectivity index (χ1v) is 15.2. The van der Waals surface area contributed by atoms with Crippen LogP contribution >= 0.6 is 11.6 Å². The van der Waals surface area contributed by atoms with Crippen LogP contribution < -0.4 is 9.47 Å². The van der Waals surface area contributed by atoms with Crippen LogP contribution in [0.4, 0.5) is 4.39 Å². The van der Waals surface area contributed by atoms with E-state index in [0.717, 1.165) is 55.3 Å². The number of fused-ring (bicyclic) bond motifs is 1. The summed E-state index contributed by atoms with van der Waals surface area (Å²) in [5.74, 6) is -0.336. The van der Waals surface area contributed by atoms with E-state index in [1.54, 1.807) is 44.6 Å². The lowest BCUT2D eigenvalue weighted by atomic mass is 9.88. The van der Waals surface area contributed by atoms with Gasteiger partial charge in [0.1, 0.15) is 11.6 Å². The van der Waals surface area contributed by atoms with Crippen molar-refractivity contribution in [2.75, 3.05) is 13.1 Å². The molecular formula is C33H35ClFN5O4. The van der Waals surface area contributed by atoms with Crippen molar-refractivity contribution in [3.63, 3.8) is 0 Å². The van der Waals surface area contributed by atoms with E-state index < -0.39 is 17.6 Å². The second-order valence-corrected chi connectivity index (χ2v) is 11.9. The standard InChI is InChI=1S/C33H35ClFN5O4/c1-4-39-20-36-16-25(39)18-40-24(14-21(2)32(41)42)17-37-30(40)19-38-12-10-22(11-13-38)26-6-5-7-29-31(26)44-33(3,43-29)27-9-8-23(34)15-28(27)35/h5-9,14-17,20,22H,4,10-13,18-19H2,1-3H3,(H,41,42)/b21-14+. The Morgan fingerprint density at radius 2 is 1.98 bits per heavy atom. The number of piperidine rings is 1. The van der Waals surface area contributed by atoms with Gasteiger partial charge in [-0.25, -0.2) is 19.2 Å². The number of halogens is 2. The number of rotatable bonds is 9. The smallest absolute Gasteiger partial charge is 0.331 e. The van der Waals surface area contributed by atoms with E-state index in [1.165, 1.54) is 6.07 Å². The minimum Gasteiger partial charge on any atom is -0.478 e. The molecule has 4 heterocycles. The number of imidazole rings is 2. The van der Waals surface area contributed by atoms with E-state index in [0.29, 0.717) is 35.2 Å². The molecule has 4 aromatic rings. The van der Waals surface area contributed by atoms with Crippen molar-refractivity contribution in [2.45, 2.75) is 65.0 Å². The van der Waals surface area contributed by atoms with Crippen molar-refractivity contribution in [3.05, 3.63) is 99.9 Å². The average Bonchev–Trinajstić information content (AvgIpc) is 3.70. The molecule has 1 fully saturated rings. The fourth-order valence-electron chi connectivity index (χ4n) is 6.10. The maximum absolute atomic E-state index is 14.8. The summed E-state index contributed by atoms with van der Waals surface area (Å²) >= 11 is 5.97. The first-order chi connectivity index (χ1) is 21.1. The maximum Gasteiger partial charge on any atom is 0.331 e. The molecule has 11 heteroatoms. The number of carboxylic acid groups (broad SMARTS) is 1. The van der Waals surface area contributed by atoms with E-state index in [9.17, 15) is 14.3 Å². The number of nitrogens with zero attached hydrogens (tertiary/aromatic N) is 5. The monoisotopic (exact) mass is 619 g/mol. The number of hydrogen-bond acceptors (Lipinski definition) is 6. The zero-order valence-corrected chi connectivity index (χ0v) is 25.7. The third-order valence-electron chi connectivity index (χ3n) is 8.55. The lowest BCUT2D eigenvalue weighted by Crippen LogP contribution is -2.34. The zero-order valence-electron chi connectivity index (χ0n) is 25.0. The number of para-hydroxylation sites is 1. The number of benzene rings is 2. The lowest BCUT2D eigenvalue weighted by Gasteiger charge is -2.32. The van der Waals surface area contributed by atoms with Gasteiger partial charge in [-0.1, -0.05) is 23.7 Å². The summed E-state index contributed by atoms with van der Waals surface area (Å²) in [6.45, 7) is 9.03. The van der Waals surface area contributed by atoms with Crippen molar-refractivity contribution in [2.24, 2.45) is 0 Å². The number of ether oxygens (including phenoxy) is 2. The highest BCUT2D eigenvalue weighted by atomic mass is 35.5. The van der Waals surface area contributed by atoms with Crippen LogP contribution in [-0.2, 0) is 30.2 Å². The van der Waals surface area contributed by atoms with Crippen LogP contribution in [0.15, 0.2) is 60.7 Å². The Bertz CT molecular complexity index is 1720. The Morgan fingerprint density at radius 1 is 1.18 bits per heavy atom. The molecule has 0 bridgehead atoms. The quantitative estimate of drug-likeness (QED) is 0.215. The van der Waals surface area contributed by atoms with Gasteiger partial charge in [-0.2, -0.15) is 0 Å². The number of likely N-dealkylation sites (tertiary alicyclic amines) is 1. The topological polar surface area (TPSA) is 94.6 Å².